The summed E-state index contributed by atoms with van der Waals surface area (Å²) in [6.45, 7) is 5.09. The van der Waals surface area contributed by atoms with E-state index < -0.39 is 5.54 Å². The van der Waals surface area contributed by atoms with E-state index in [9.17, 15) is 9.59 Å². The number of carbonyl (C=O) groups is 2. The van der Waals surface area contributed by atoms with E-state index >= 15 is 0 Å². The molecule has 1 saturated carbocycles. The first-order valence-electron chi connectivity index (χ1n) is 8.35. The predicted octanol–water partition coefficient (Wildman–Crippen LogP) is 2.38. The van der Waals surface area contributed by atoms with Crippen LogP contribution >= 0.6 is 0 Å². The van der Waals surface area contributed by atoms with Crippen molar-refractivity contribution in [2.24, 2.45) is 5.92 Å². The van der Waals surface area contributed by atoms with Crippen molar-refractivity contribution in [3.05, 3.63) is 41.5 Å². The highest BCUT2D eigenvalue weighted by molar-refractivity contribution is 5.94. The molecule has 1 aliphatic carbocycles. The summed E-state index contributed by atoms with van der Waals surface area (Å²) in [4.78, 5) is 27.4. The number of aromatic nitrogens is 2. The molecule has 0 aliphatic heterocycles. The minimum absolute atomic E-state index is 0.0921. The van der Waals surface area contributed by atoms with Crippen LogP contribution in [0.5, 0.6) is 0 Å². The topological polar surface area (TPSA) is 97.1 Å². The van der Waals surface area contributed by atoms with E-state index in [4.69, 9.17) is 4.52 Å². The fourth-order valence-corrected chi connectivity index (χ4v) is 2.55. The number of carbonyl (C=O) groups excluding carboxylic acids is 2. The number of anilines is 1. The Hall–Kier alpha value is -2.70. The van der Waals surface area contributed by atoms with Crippen molar-refractivity contribution < 1.29 is 14.1 Å². The Morgan fingerprint density at radius 3 is 2.52 bits per heavy atom. The zero-order chi connectivity index (χ0) is 18.0. The van der Waals surface area contributed by atoms with Crippen molar-refractivity contribution in [2.75, 3.05) is 5.32 Å². The molecule has 1 aliphatic rings. The summed E-state index contributed by atoms with van der Waals surface area (Å²) in [5.41, 5.74) is 1.10. The molecule has 0 radical (unpaired) electrons. The quantitative estimate of drug-likeness (QED) is 0.840. The van der Waals surface area contributed by atoms with Crippen LogP contribution in [-0.2, 0) is 21.5 Å². The van der Waals surface area contributed by atoms with Gasteiger partial charge in [0.15, 0.2) is 5.82 Å². The molecule has 1 fully saturated rings. The fourth-order valence-electron chi connectivity index (χ4n) is 2.55. The number of nitrogens with zero attached hydrogens (tertiary/aromatic N) is 2. The molecule has 132 valence electrons. The monoisotopic (exact) mass is 342 g/mol. The molecule has 0 unspecified atom stereocenters. The van der Waals surface area contributed by atoms with E-state index in [1.165, 1.54) is 6.92 Å². The van der Waals surface area contributed by atoms with Crippen LogP contribution in [0.15, 0.2) is 28.8 Å². The number of amides is 2. The molecule has 1 aromatic carbocycles. The molecule has 0 atom stereocenters. The minimum Gasteiger partial charge on any atom is -0.344 e. The minimum atomic E-state index is -0.690. The number of hydrogen-bond donors (Lipinski definition) is 2. The van der Waals surface area contributed by atoms with Gasteiger partial charge in [-0.15, -0.1) is 0 Å². The number of nitrogens with one attached hydrogen (secondary N) is 2. The lowest BCUT2D eigenvalue weighted by Crippen LogP contribution is -2.40. The summed E-state index contributed by atoms with van der Waals surface area (Å²) in [6, 6.07) is 7.58. The van der Waals surface area contributed by atoms with E-state index in [2.05, 4.69) is 20.8 Å². The van der Waals surface area contributed by atoms with Crippen LogP contribution in [0.1, 0.15) is 50.9 Å². The van der Waals surface area contributed by atoms with Gasteiger partial charge in [0.25, 0.3) is 0 Å². The van der Waals surface area contributed by atoms with E-state index in [0.717, 1.165) is 24.1 Å². The zero-order valence-corrected chi connectivity index (χ0v) is 14.6. The molecule has 2 aromatic rings. The summed E-state index contributed by atoms with van der Waals surface area (Å²) < 4.78 is 5.29. The van der Waals surface area contributed by atoms with Crippen LogP contribution in [0.25, 0.3) is 0 Å². The molecule has 7 nitrogen and oxygen atoms in total. The van der Waals surface area contributed by atoms with Gasteiger partial charge in [-0.3, -0.25) is 9.59 Å². The van der Waals surface area contributed by atoms with Gasteiger partial charge in [0, 0.05) is 18.5 Å². The van der Waals surface area contributed by atoms with E-state index in [0.29, 0.717) is 18.1 Å². The van der Waals surface area contributed by atoms with Crippen LogP contribution in [0.4, 0.5) is 5.69 Å². The van der Waals surface area contributed by atoms with Gasteiger partial charge < -0.3 is 15.2 Å². The smallest absolute Gasteiger partial charge is 0.231 e. The van der Waals surface area contributed by atoms with Crippen molar-refractivity contribution in [1.29, 1.82) is 0 Å². The summed E-state index contributed by atoms with van der Waals surface area (Å²) in [5, 5.41) is 9.66. The number of rotatable bonds is 6. The normalized spacial score (nSPS) is 14.2. The summed E-state index contributed by atoms with van der Waals surface area (Å²) in [6.07, 6.45) is 2.45. The summed E-state index contributed by atoms with van der Waals surface area (Å²) in [5.74, 6) is 1.03. The van der Waals surface area contributed by atoms with Crippen molar-refractivity contribution in [2.45, 2.75) is 45.6 Å². The van der Waals surface area contributed by atoms with Crippen molar-refractivity contribution in [3.63, 3.8) is 0 Å². The number of benzene rings is 1. The average Bonchev–Trinajstić information content (AvgIpc) is 3.27. The van der Waals surface area contributed by atoms with Crippen LogP contribution in [0.2, 0.25) is 0 Å². The second-order valence-corrected chi connectivity index (χ2v) is 6.96. The van der Waals surface area contributed by atoms with E-state index in [-0.39, 0.29) is 17.7 Å². The highest BCUT2D eigenvalue weighted by Gasteiger charge is 2.29. The van der Waals surface area contributed by atoms with Gasteiger partial charge in [0.05, 0.1) is 12.0 Å². The molecule has 1 aromatic heterocycles. The average molecular weight is 342 g/mol. The molecular formula is C18H22N4O3. The van der Waals surface area contributed by atoms with Crippen LogP contribution in [0.3, 0.4) is 0 Å². The van der Waals surface area contributed by atoms with Gasteiger partial charge in [-0.2, -0.15) is 4.98 Å². The van der Waals surface area contributed by atoms with E-state index in [1.807, 2.05) is 38.1 Å². The van der Waals surface area contributed by atoms with Crippen molar-refractivity contribution in [1.82, 2.24) is 15.5 Å². The molecule has 0 bridgehead atoms. The SMILES string of the molecule is CC(=O)NC(C)(C)c1noc(Cc2ccc(NC(=O)C3CC3)cc2)n1. The first kappa shape index (κ1) is 17.1. The van der Waals surface area contributed by atoms with Gasteiger partial charge >= 0.3 is 0 Å². The molecule has 3 rings (SSSR count). The Kier molecular flexibility index (Phi) is 4.57. The highest BCUT2D eigenvalue weighted by Crippen LogP contribution is 2.30. The molecule has 7 heteroatoms. The zero-order valence-electron chi connectivity index (χ0n) is 14.6. The van der Waals surface area contributed by atoms with Crippen molar-refractivity contribution >= 4 is 17.5 Å². The number of hydrogen-bond acceptors (Lipinski definition) is 5. The predicted molar refractivity (Wildman–Crippen MR) is 91.7 cm³/mol. The van der Waals surface area contributed by atoms with E-state index in [1.54, 1.807) is 0 Å². The summed E-state index contributed by atoms with van der Waals surface area (Å²) in [7, 11) is 0. The van der Waals surface area contributed by atoms with Gasteiger partial charge in [0.1, 0.15) is 0 Å². The Morgan fingerprint density at radius 1 is 1.24 bits per heavy atom. The largest absolute Gasteiger partial charge is 0.344 e. The van der Waals surface area contributed by atoms with Crippen molar-refractivity contribution in [3.8, 4) is 0 Å². The van der Waals surface area contributed by atoms with Gasteiger partial charge in [-0.25, -0.2) is 0 Å². The lowest BCUT2D eigenvalue weighted by Gasteiger charge is -2.20. The molecule has 25 heavy (non-hydrogen) atoms. The standard InChI is InChI=1S/C18H22N4O3/c1-11(23)21-18(2,3)17-20-15(25-22-17)10-12-4-8-14(9-5-12)19-16(24)13-6-7-13/h4-5,8-9,13H,6-7,10H2,1-3H3,(H,19,24)(H,21,23). The first-order chi connectivity index (χ1) is 11.8. The summed E-state index contributed by atoms with van der Waals surface area (Å²) >= 11 is 0. The first-order valence-corrected chi connectivity index (χ1v) is 8.35. The van der Waals surface area contributed by atoms with Gasteiger partial charge in [-0.05, 0) is 44.4 Å². The third-order valence-corrected chi connectivity index (χ3v) is 4.04. The Bertz CT molecular complexity index is 776. The molecule has 0 saturated heterocycles. The second kappa shape index (κ2) is 6.66. The Morgan fingerprint density at radius 2 is 1.92 bits per heavy atom. The van der Waals surface area contributed by atoms with Gasteiger partial charge in [-0.1, -0.05) is 17.3 Å². The Balaban J connectivity index is 1.62. The third kappa shape index (κ3) is 4.43. The van der Waals surface area contributed by atoms with Gasteiger partial charge in [0.2, 0.25) is 17.7 Å². The molecular weight excluding hydrogens is 320 g/mol. The van der Waals surface area contributed by atoms with Crippen LogP contribution in [-0.4, -0.2) is 22.0 Å². The van der Waals surface area contributed by atoms with Crippen LogP contribution < -0.4 is 10.6 Å². The van der Waals surface area contributed by atoms with Crippen LogP contribution in [0, 0.1) is 5.92 Å². The fraction of sp³-hybridized carbons (Fsp3) is 0.444. The lowest BCUT2D eigenvalue weighted by atomic mass is 10.1. The molecule has 0 spiro atoms. The highest BCUT2D eigenvalue weighted by atomic mass is 16.5. The maximum atomic E-state index is 11.7. The third-order valence-electron chi connectivity index (χ3n) is 4.04. The molecule has 2 amide bonds. The maximum Gasteiger partial charge on any atom is 0.231 e. The lowest BCUT2D eigenvalue weighted by molar-refractivity contribution is -0.120. The maximum absolute atomic E-state index is 11.7. The second-order valence-electron chi connectivity index (χ2n) is 6.96. The molecule has 2 N–H and O–H groups in total. The molecule has 1 heterocycles. The Labute approximate surface area is 146 Å².